The Bertz CT molecular complexity index is 308. The van der Waals surface area contributed by atoms with Crippen LogP contribution in [0.25, 0.3) is 0 Å². The number of hydrogen-bond donors (Lipinski definition) is 1. The van der Waals surface area contributed by atoms with Gasteiger partial charge in [-0.2, -0.15) is 0 Å². The summed E-state index contributed by atoms with van der Waals surface area (Å²) < 4.78 is 12.9. The Labute approximate surface area is 90.1 Å². The lowest BCUT2D eigenvalue weighted by Crippen LogP contribution is -2.44. The quantitative estimate of drug-likeness (QED) is 0.805. The van der Waals surface area contributed by atoms with Crippen LogP contribution >= 0.6 is 0 Å². The van der Waals surface area contributed by atoms with Crippen LogP contribution in [0, 0.1) is 5.82 Å². The highest BCUT2D eigenvalue weighted by molar-refractivity contribution is 5.16. The largest absolute Gasteiger partial charge is 0.314 e. The maximum absolute atomic E-state index is 12.9. The van der Waals surface area contributed by atoms with Gasteiger partial charge in [0.15, 0.2) is 0 Å². The van der Waals surface area contributed by atoms with E-state index in [-0.39, 0.29) is 5.82 Å². The molecule has 1 aromatic rings. The van der Waals surface area contributed by atoms with Gasteiger partial charge in [-0.3, -0.25) is 0 Å². The van der Waals surface area contributed by atoms with Gasteiger partial charge >= 0.3 is 0 Å². The number of nitrogens with zero attached hydrogens (tertiary/aromatic N) is 1. The Hall–Kier alpha value is -0.930. The van der Waals surface area contributed by atoms with Crippen molar-refractivity contribution < 1.29 is 4.39 Å². The second-order valence-electron chi connectivity index (χ2n) is 3.97. The van der Waals surface area contributed by atoms with E-state index in [1.807, 2.05) is 6.07 Å². The summed E-state index contributed by atoms with van der Waals surface area (Å²) in [6, 6.07) is 6.89. The molecule has 2 rings (SSSR count). The molecule has 0 aliphatic carbocycles. The molecule has 1 aliphatic heterocycles. The van der Waals surface area contributed by atoms with Crippen LogP contribution in [-0.2, 0) is 6.42 Å². The van der Waals surface area contributed by atoms with Crippen LogP contribution < -0.4 is 5.32 Å². The predicted octanol–water partition coefficient (Wildman–Crippen LogP) is 1.27. The Balaban J connectivity index is 1.81. The number of halogens is 1. The molecule has 3 heteroatoms. The molecule has 0 amide bonds. The minimum absolute atomic E-state index is 0.132. The third-order valence-corrected chi connectivity index (χ3v) is 2.82. The van der Waals surface area contributed by atoms with E-state index in [2.05, 4.69) is 10.2 Å². The van der Waals surface area contributed by atoms with Crippen molar-refractivity contribution in [2.45, 2.75) is 6.42 Å². The number of hydrogen-bond acceptors (Lipinski definition) is 2. The molecule has 0 unspecified atom stereocenters. The van der Waals surface area contributed by atoms with Gasteiger partial charge in [0.25, 0.3) is 0 Å². The molecule has 2 nitrogen and oxygen atoms in total. The average molecular weight is 208 g/mol. The molecule has 1 aromatic carbocycles. The van der Waals surface area contributed by atoms with Gasteiger partial charge in [-0.25, -0.2) is 4.39 Å². The van der Waals surface area contributed by atoms with E-state index >= 15 is 0 Å². The Morgan fingerprint density at radius 1 is 1.27 bits per heavy atom. The molecule has 1 aliphatic rings. The first kappa shape index (κ1) is 10.6. The zero-order valence-electron chi connectivity index (χ0n) is 8.88. The highest BCUT2D eigenvalue weighted by atomic mass is 19.1. The highest BCUT2D eigenvalue weighted by Gasteiger charge is 2.08. The first-order valence-corrected chi connectivity index (χ1v) is 5.52. The molecule has 0 spiro atoms. The zero-order chi connectivity index (χ0) is 10.5. The molecule has 0 atom stereocenters. The normalized spacial score (nSPS) is 17.9. The van der Waals surface area contributed by atoms with Crippen molar-refractivity contribution in [2.75, 3.05) is 32.7 Å². The summed E-state index contributed by atoms with van der Waals surface area (Å²) >= 11 is 0. The molecule has 0 bridgehead atoms. The Kier molecular flexibility index (Phi) is 3.69. The van der Waals surface area contributed by atoms with E-state index in [1.165, 1.54) is 6.07 Å². The minimum Gasteiger partial charge on any atom is -0.314 e. The summed E-state index contributed by atoms with van der Waals surface area (Å²) in [5.74, 6) is -0.132. The molecular formula is C12H17FN2. The maximum atomic E-state index is 12.9. The van der Waals surface area contributed by atoms with Gasteiger partial charge in [-0.1, -0.05) is 12.1 Å². The van der Waals surface area contributed by atoms with Crippen molar-refractivity contribution in [1.29, 1.82) is 0 Å². The summed E-state index contributed by atoms with van der Waals surface area (Å²) in [5, 5.41) is 3.32. The highest BCUT2D eigenvalue weighted by Crippen LogP contribution is 2.05. The van der Waals surface area contributed by atoms with Crippen LogP contribution in [0.3, 0.4) is 0 Å². The summed E-state index contributed by atoms with van der Waals surface area (Å²) in [6.07, 6.45) is 0.942. The topological polar surface area (TPSA) is 15.3 Å². The summed E-state index contributed by atoms with van der Waals surface area (Å²) in [4.78, 5) is 2.42. The average Bonchev–Trinajstić information content (AvgIpc) is 2.28. The van der Waals surface area contributed by atoms with E-state index in [1.54, 1.807) is 12.1 Å². The van der Waals surface area contributed by atoms with E-state index in [0.717, 1.165) is 44.7 Å². The van der Waals surface area contributed by atoms with Crippen LogP contribution in [0.2, 0.25) is 0 Å². The second-order valence-corrected chi connectivity index (χ2v) is 3.97. The van der Waals surface area contributed by atoms with Gasteiger partial charge in [0.1, 0.15) is 5.82 Å². The monoisotopic (exact) mass is 208 g/mol. The molecule has 82 valence electrons. The maximum Gasteiger partial charge on any atom is 0.123 e. The van der Waals surface area contributed by atoms with Crippen LogP contribution in [-0.4, -0.2) is 37.6 Å². The van der Waals surface area contributed by atoms with Crippen LogP contribution in [0.4, 0.5) is 4.39 Å². The lowest BCUT2D eigenvalue weighted by Gasteiger charge is -2.27. The summed E-state index contributed by atoms with van der Waals surface area (Å²) in [5.41, 5.74) is 1.09. The lowest BCUT2D eigenvalue weighted by molar-refractivity contribution is 0.244. The smallest absolute Gasteiger partial charge is 0.123 e. The fraction of sp³-hybridized carbons (Fsp3) is 0.500. The van der Waals surface area contributed by atoms with Gasteiger partial charge in [0.05, 0.1) is 0 Å². The standard InChI is InChI=1S/C12H17FN2/c13-12-3-1-2-11(10-12)4-7-15-8-5-14-6-9-15/h1-3,10,14H,4-9H2. The first-order chi connectivity index (χ1) is 7.34. The van der Waals surface area contributed by atoms with Crippen molar-refractivity contribution in [1.82, 2.24) is 10.2 Å². The van der Waals surface area contributed by atoms with Gasteiger partial charge in [0, 0.05) is 32.7 Å². The Morgan fingerprint density at radius 2 is 2.07 bits per heavy atom. The molecule has 0 saturated carbocycles. The van der Waals surface area contributed by atoms with E-state index in [0.29, 0.717) is 0 Å². The van der Waals surface area contributed by atoms with Crippen molar-refractivity contribution in [3.8, 4) is 0 Å². The second kappa shape index (κ2) is 5.24. The number of benzene rings is 1. The molecule has 0 radical (unpaired) electrons. The van der Waals surface area contributed by atoms with Gasteiger partial charge in [-0.15, -0.1) is 0 Å². The van der Waals surface area contributed by atoms with Crippen LogP contribution in [0.5, 0.6) is 0 Å². The third-order valence-electron chi connectivity index (χ3n) is 2.82. The van der Waals surface area contributed by atoms with E-state index in [4.69, 9.17) is 0 Å². The molecule has 1 fully saturated rings. The number of nitrogens with one attached hydrogen (secondary N) is 1. The molecule has 1 saturated heterocycles. The third kappa shape index (κ3) is 3.29. The first-order valence-electron chi connectivity index (χ1n) is 5.52. The molecular weight excluding hydrogens is 191 g/mol. The summed E-state index contributed by atoms with van der Waals surface area (Å²) in [7, 11) is 0. The fourth-order valence-corrected chi connectivity index (χ4v) is 1.91. The molecule has 1 N–H and O–H groups in total. The summed E-state index contributed by atoms with van der Waals surface area (Å²) in [6.45, 7) is 5.39. The fourth-order valence-electron chi connectivity index (χ4n) is 1.91. The number of piperazine rings is 1. The SMILES string of the molecule is Fc1cccc(CCN2CCNCC2)c1. The minimum atomic E-state index is -0.132. The van der Waals surface area contributed by atoms with Crippen molar-refractivity contribution in [3.63, 3.8) is 0 Å². The van der Waals surface area contributed by atoms with Gasteiger partial charge in [-0.05, 0) is 24.1 Å². The molecule has 0 aromatic heterocycles. The molecule has 15 heavy (non-hydrogen) atoms. The predicted molar refractivity (Wildman–Crippen MR) is 59.4 cm³/mol. The van der Waals surface area contributed by atoms with Gasteiger partial charge < -0.3 is 10.2 Å². The van der Waals surface area contributed by atoms with Crippen LogP contribution in [0.1, 0.15) is 5.56 Å². The lowest BCUT2D eigenvalue weighted by atomic mass is 10.1. The molecule has 1 heterocycles. The van der Waals surface area contributed by atoms with Crippen molar-refractivity contribution >= 4 is 0 Å². The number of rotatable bonds is 3. The van der Waals surface area contributed by atoms with Crippen LogP contribution in [0.15, 0.2) is 24.3 Å². The van der Waals surface area contributed by atoms with E-state index < -0.39 is 0 Å². The Morgan fingerprint density at radius 3 is 2.80 bits per heavy atom. The van der Waals surface area contributed by atoms with Gasteiger partial charge in [0.2, 0.25) is 0 Å². The van der Waals surface area contributed by atoms with Crippen molar-refractivity contribution in [2.24, 2.45) is 0 Å². The zero-order valence-corrected chi connectivity index (χ0v) is 8.88. The van der Waals surface area contributed by atoms with Crippen molar-refractivity contribution in [3.05, 3.63) is 35.6 Å². The van der Waals surface area contributed by atoms with E-state index in [9.17, 15) is 4.39 Å².